The van der Waals surface area contributed by atoms with Gasteiger partial charge >= 0.3 is 0 Å². The second kappa shape index (κ2) is 8.92. The zero-order valence-electron chi connectivity index (χ0n) is 7.03. The predicted octanol–water partition coefficient (Wildman–Crippen LogP) is 1.11. The summed E-state index contributed by atoms with van der Waals surface area (Å²) in [6.45, 7) is 5.38. The molecule has 0 bridgehead atoms. The number of nitrogens with two attached hydrogens (primary N) is 1. The van der Waals surface area contributed by atoms with E-state index in [1.165, 1.54) is 32.4 Å². The van der Waals surface area contributed by atoms with Gasteiger partial charge in [0.15, 0.2) is 0 Å². The summed E-state index contributed by atoms with van der Waals surface area (Å²) in [5, 5.41) is 3.28. The first-order chi connectivity index (χ1) is 4.91. The van der Waals surface area contributed by atoms with Gasteiger partial charge in [0.25, 0.3) is 0 Å². The Hall–Kier alpha value is -0.0800. The molecule has 1 aliphatic rings. The van der Waals surface area contributed by atoms with Crippen LogP contribution in [0.1, 0.15) is 32.6 Å². The van der Waals surface area contributed by atoms with Crippen LogP contribution in [0.5, 0.6) is 0 Å². The highest BCUT2D eigenvalue weighted by Crippen LogP contribution is 1.96. The van der Waals surface area contributed by atoms with E-state index < -0.39 is 0 Å². The lowest BCUT2D eigenvalue weighted by molar-refractivity contribution is 0.520. The molecule has 0 radical (unpaired) electrons. The normalized spacial score (nSPS) is 17.4. The average molecular weight is 144 g/mol. The van der Waals surface area contributed by atoms with Gasteiger partial charge in [0, 0.05) is 0 Å². The maximum Gasteiger partial charge on any atom is -0.00489 e. The van der Waals surface area contributed by atoms with E-state index >= 15 is 0 Å². The van der Waals surface area contributed by atoms with Gasteiger partial charge < -0.3 is 11.1 Å². The smallest absolute Gasteiger partial charge is 0.00489 e. The molecule has 0 aromatic heterocycles. The lowest BCUT2D eigenvalue weighted by atomic mass is 10.2. The van der Waals surface area contributed by atoms with Gasteiger partial charge in [-0.05, 0) is 38.9 Å². The van der Waals surface area contributed by atoms with Gasteiger partial charge in [0.2, 0.25) is 0 Å². The van der Waals surface area contributed by atoms with Gasteiger partial charge in [-0.1, -0.05) is 13.3 Å². The Kier molecular flexibility index (Phi) is 8.85. The van der Waals surface area contributed by atoms with Gasteiger partial charge in [-0.2, -0.15) is 0 Å². The Balaban J connectivity index is 0.000000180. The highest BCUT2D eigenvalue weighted by Gasteiger charge is 1.93. The molecule has 0 aliphatic carbocycles. The molecule has 0 spiro atoms. The highest BCUT2D eigenvalue weighted by atomic mass is 14.9. The molecule has 0 atom stereocenters. The summed E-state index contributed by atoms with van der Waals surface area (Å²) < 4.78 is 0. The van der Waals surface area contributed by atoms with Gasteiger partial charge in [0.05, 0.1) is 0 Å². The molecule has 0 saturated carbocycles. The van der Waals surface area contributed by atoms with E-state index in [0.29, 0.717) is 0 Å². The molecule has 2 heteroatoms. The maximum atomic E-state index is 5.03. The van der Waals surface area contributed by atoms with Crippen LogP contribution in [0.25, 0.3) is 0 Å². The van der Waals surface area contributed by atoms with E-state index in [1.807, 2.05) is 0 Å². The molecule has 1 rings (SSSR count). The van der Waals surface area contributed by atoms with E-state index in [2.05, 4.69) is 12.2 Å². The lowest BCUT2D eigenvalue weighted by Gasteiger charge is -2.08. The zero-order chi connectivity index (χ0) is 7.66. The van der Waals surface area contributed by atoms with E-state index in [4.69, 9.17) is 5.73 Å². The van der Waals surface area contributed by atoms with Crippen molar-refractivity contribution in [2.75, 3.05) is 19.6 Å². The van der Waals surface area contributed by atoms with Crippen molar-refractivity contribution >= 4 is 0 Å². The molecule has 0 aromatic rings. The number of rotatable bonds is 1. The Morgan fingerprint density at radius 3 is 1.80 bits per heavy atom. The highest BCUT2D eigenvalue weighted by molar-refractivity contribution is 4.55. The average Bonchev–Trinajstić information content (AvgIpc) is 2.08. The summed E-state index contributed by atoms with van der Waals surface area (Å²) in [6.07, 6.45) is 5.31. The quantitative estimate of drug-likeness (QED) is 0.578. The minimum Gasteiger partial charge on any atom is -0.330 e. The molecule has 0 unspecified atom stereocenters. The van der Waals surface area contributed by atoms with Crippen LogP contribution >= 0.6 is 0 Å². The van der Waals surface area contributed by atoms with Crippen molar-refractivity contribution in [3.8, 4) is 0 Å². The summed E-state index contributed by atoms with van der Waals surface area (Å²) in [5.74, 6) is 0. The number of piperidine rings is 1. The number of hydrogen-bond acceptors (Lipinski definition) is 2. The lowest BCUT2D eigenvalue weighted by Crippen LogP contribution is -2.21. The molecule has 3 N–H and O–H groups in total. The summed E-state index contributed by atoms with van der Waals surface area (Å²) >= 11 is 0. The van der Waals surface area contributed by atoms with E-state index in [-0.39, 0.29) is 0 Å². The van der Waals surface area contributed by atoms with Crippen molar-refractivity contribution < 1.29 is 0 Å². The second-order valence-corrected chi connectivity index (χ2v) is 2.60. The third-order valence-corrected chi connectivity index (χ3v) is 1.50. The summed E-state index contributed by atoms with van der Waals surface area (Å²) in [5.41, 5.74) is 5.03. The van der Waals surface area contributed by atoms with Crippen molar-refractivity contribution in [2.24, 2.45) is 5.73 Å². The Morgan fingerprint density at radius 2 is 1.70 bits per heavy atom. The Morgan fingerprint density at radius 1 is 1.20 bits per heavy atom. The van der Waals surface area contributed by atoms with Crippen LogP contribution in [0.3, 0.4) is 0 Å². The molecule has 62 valence electrons. The summed E-state index contributed by atoms with van der Waals surface area (Å²) in [7, 11) is 0. The van der Waals surface area contributed by atoms with Gasteiger partial charge in [-0.15, -0.1) is 0 Å². The first kappa shape index (κ1) is 9.92. The fourth-order valence-corrected chi connectivity index (χ4v) is 0.802. The minimum atomic E-state index is 0.819. The Bertz CT molecular complexity index is 37.7. The molecular formula is C8H20N2. The topological polar surface area (TPSA) is 38.0 Å². The van der Waals surface area contributed by atoms with Gasteiger partial charge in [-0.3, -0.25) is 0 Å². The molecule has 0 amide bonds. The largest absolute Gasteiger partial charge is 0.330 e. The summed E-state index contributed by atoms with van der Waals surface area (Å²) in [6, 6.07) is 0. The minimum absolute atomic E-state index is 0.819. The van der Waals surface area contributed by atoms with Crippen LogP contribution in [-0.2, 0) is 0 Å². The van der Waals surface area contributed by atoms with Gasteiger partial charge in [0.1, 0.15) is 0 Å². The molecule has 10 heavy (non-hydrogen) atoms. The standard InChI is InChI=1S/C5H11N.C3H9N/c1-2-4-6-5-3-1;1-2-3-4/h6H,1-5H2;2-4H2,1H3. The van der Waals surface area contributed by atoms with Crippen LogP contribution in [0.2, 0.25) is 0 Å². The molecular weight excluding hydrogens is 124 g/mol. The fourth-order valence-electron chi connectivity index (χ4n) is 0.802. The van der Waals surface area contributed by atoms with Crippen LogP contribution in [0.15, 0.2) is 0 Å². The maximum absolute atomic E-state index is 5.03. The predicted molar refractivity (Wildman–Crippen MR) is 46.1 cm³/mol. The van der Waals surface area contributed by atoms with Crippen LogP contribution in [0.4, 0.5) is 0 Å². The van der Waals surface area contributed by atoms with Crippen molar-refractivity contribution in [3.05, 3.63) is 0 Å². The van der Waals surface area contributed by atoms with Crippen LogP contribution in [-0.4, -0.2) is 19.6 Å². The van der Waals surface area contributed by atoms with Crippen LogP contribution < -0.4 is 11.1 Å². The van der Waals surface area contributed by atoms with Crippen molar-refractivity contribution in [1.82, 2.24) is 5.32 Å². The fraction of sp³-hybridized carbons (Fsp3) is 1.00. The Labute approximate surface area is 64.2 Å². The van der Waals surface area contributed by atoms with Crippen molar-refractivity contribution in [3.63, 3.8) is 0 Å². The van der Waals surface area contributed by atoms with E-state index in [9.17, 15) is 0 Å². The van der Waals surface area contributed by atoms with Crippen LogP contribution in [0, 0.1) is 0 Å². The first-order valence-electron chi connectivity index (χ1n) is 4.32. The molecule has 0 aromatic carbocycles. The second-order valence-electron chi connectivity index (χ2n) is 2.60. The SMILES string of the molecule is C1CCNCC1.CCCN. The third-order valence-electron chi connectivity index (χ3n) is 1.50. The summed E-state index contributed by atoms with van der Waals surface area (Å²) in [4.78, 5) is 0. The zero-order valence-corrected chi connectivity index (χ0v) is 7.03. The molecule has 1 heterocycles. The van der Waals surface area contributed by atoms with Crippen molar-refractivity contribution in [2.45, 2.75) is 32.6 Å². The molecule has 2 nitrogen and oxygen atoms in total. The number of nitrogens with one attached hydrogen (secondary N) is 1. The van der Waals surface area contributed by atoms with Crippen molar-refractivity contribution in [1.29, 1.82) is 0 Å². The number of hydrogen-bond donors (Lipinski definition) is 2. The van der Waals surface area contributed by atoms with E-state index in [0.717, 1.165) is 13.0 Å². The van der Waals surface area contributed by atoms with Gasteiger partial charge in [-0.25, -0.2) is 0 Å². The molecule has 1 saturated heterocycles. The molecule has 1 aliphatic heterocycles. The molecule has 1 fully saturated rings. The monoisotopic (exact) mass is 144 g/mol. The first-order valence-corrected chi connectivity index (χ1v) is 4.32. The third kappa shape index (κ3) is 7.92. The van der Waals surface area contributed by atoms with E-state index in [1.54, 1.807) is 0 Å².